The van der Waals surface area contributed by atoms with E-state index in [9.17, 15) is 0 Å². The van der Waals surface area contributed by atoms with Crippen molar-refractivity contribution in [3.05, 3.63) is 70.8 Å². The Morgan fingerprint density at radius 1 is 1.05 bits per heavy atom. The first kappa shape index (κ1) is 13.4. The maximum Gasteiger partial charge on any atom is 0.00611 e. The van der Waals surface area contributed by atoms with E-state index in [2.05, 4.69) is 67.7 Å². The molecule has 0 spiro atoms. The Bertz CT molecular complexity index is 574. The van der Waals surface area contributed by atoms with E-state index in [4.69, 9.17) is 0 Å². The van der Waals surface area contributed by atoms with E-state index in [0.29, 0.717) is 11.8 Å². The second-order valence-electron chi connectivity index (χ2n) is 5.95. The molecule has 0 saturated carbocycles. The van der Waals surface area contributed by atoms with Crippen LogP contribution in [0.1, 0.15) is 47.9 Å². The Hall–Kier alpha value is -1.60. The maximum absolute atomic E-state index is 3.52. The molecule has 0 fully saturated rings. The minimum absolute atomic E-state index is 0.463. The predicted molar refractivity (Wildman–Crippen MR) is 85.4 cm³/mol. The van der Waals surface area contributed by atoms with Crippen molar-refractivity contribution >= 4 is 0 Å². The van der Waals surface area contributed by atoms with Gasteiger partial charge in [0.05, 0.1) is 0 Å². The van der Waals surface area contributed by atoms with Gasteiger partial charge in [0.15, 0.2) is 0 Å². The fraction of sp³-hybridized carbons (Fsp3) is 0.368. The highest BCUT2D eigenvalue weighted by Crippen LogP contribution is 2.29. The van der Waals surface area contributed by atoms with Gasteiger partial charge in [0.1, 0.15) is 0 Å². The van der Waals surface area contributed by atoms with Crippen LogP contribution in [-0.4, -0.2) is 13.1 Å². The summed E-state index contributed by atoms with van der Waals surface area (Å²) in [6, 6.07) is 17.9. The third-order valence-electron chi connectivity index (χ3n) is 4.52. The van der Waals surface area contributed by atoms with Crippen molar-refractivity contribution in [1.29, 1.82) is 0 Å². The third-order valence-corrected chi connectivity index (χ3v) is 4.52. The quantitative estimate of drug-likeness (QED) is 0.862. The molecular formula is C19H23N. The van der Waals surface area contributed by atoms with E-state index >= 15 is 0 Å². The van der Waals surface area contributed by atoms with Gasteiger partial charge in [0, 0.05) is 12.5 Å². The Morgan fingerprint density at radius 2 is 1.85 bits per heavy atom. The van der Waals surface area contributed by atoms with Crippen molar-refractivity contribution < 1.29 is 0 Å². The zero-order valence-electron chi connectivity index (χ0n) is 12.4. The van der Waals surface area contributed by atoms with Gasteiger partial charge < -0.3 is 5.32 Å². The van der Waals surface area contributed by atoms with Crippen LogP contribution in [0.5, 0.6) is 0 Å². The van der Waals surface area contributed by atoms with Gasteiger partial charge in [-0.1, -0.05) is 62.4 Å². The Kier molecular flexibility index (Phi) is 3.88. The molecule has 1 aliphatic heterocycles. The molecule has 1 unspecified atom stereocenters. The number of fused-ring (bicyclic) bond motifs is 1. The molecule has 3 rings (SSSR count). The highest BCUT2D eigenvalue weighted by Gasteiger charge is 2.17. The van der Waals surface area contributed by atoms with Gasteiger partial charge in [0.25, 0.3) is 0 Å². The molecule has 2 atom stereocenters. The van der Waals surface area contributed by atoms with Crippen LogP contribution in [0.25, 0.3) is 0 Å². The largest absolute Gasteiger partial charge is 0.316 e. The van der Waals surface area contributed by atoms with Crippen LogP contribution in [0.15, 0.2) is 48.5 Å². The molecule has 2 aromatic rings. The summed E-state index contributed by atoms with van der Waals surface area (Å²) in [6.45, 7) is 6.83. The van der Waals surface area contributed by atoms with E-state index in [1.165, 1.54) is 22.3 Å². The van der Waals surface area contributed by atoms with Crippen LogP contribution in [-0.2, 0) is 6.42 Å². The number of benzene rings is 2. The lowest BCUT2D eigenvalue weighted by molar-refractivity contribution is 0.644. The van der Waals surface area contributed by atoms with E-state index in [1.54, 1.807) is 0 Å². The molecule has 0 aliphatic carbocycles. The van der Waals surface area contributed by atoms with Gasteiger partial charge in [-0.05, 0) is 41.1 Å². The van der Waals surface area contributed by atoms with Crippen LogP contribution in [0.2, 0.25) is 0 Å². The molecule has 1 heterocycles. The summed E-state index contributed by atoms with van der Waals surface area (Å²) < 4.78 is 0. The van der Waals surface area contributed by atoms with Gasteiger partial charge in [0.2, 0.25) is 0 Å². The summed E-state index contributed by atoms with van der Waals surface area (Å²) in [6.07, 6.45) is 1.15. The molecule has 104 valence electrons. The lowest BCUT2D eigenvalue weighted by Crippen LogP contribution is -2.18. The van der Waals surface area contributed by atoms with Gasteiger partial charge >= 0.3 is 0 Å². The molecular weight excluding hydrogens is 242 g/mol. The van der Waals surface area contributed by atoms with Crippen LogP contribution in [0.3, 0.4) is 0 Å². The van der Waals surface area contributed by atoms with E-state index in [1.807, 2.05) is 0 Å². The molecule has 0 aromatic heterocycles. The molecule has 1 heteroatoms. The first-order chi connectivity index (χ1) is 9.75. The first-order valence-corrected chi connectivity index (χ1v) is 7.64. The third kappa shape index (κ3) is 2.64. The summed E-state index contributed by atoms with van der Waals surface area (Å²) in [7, 11) is 0. The highest BCUT2D eigenvalue weighted by molar-refractivity contribution is 5.40. The topological polar surface area (TPSA) is 12.0 Å². The smallest absolute Gasteiger partial charge is 0.00611 e. The normalized spacial score (nSPS) is 20.0. The number of hydrogen-bond donors (Lipinski definition) is 1. The van der Waals surface area contributed by atoms with Gasteiger partial charge in [-0.25, -0.2) is 0 Å². The fourth-order valence-corrected chi connectivity index (χ4v) is 3.15. The van der Waals surface area contributed by atoms with Crippen molar-refractivity contribution in [2.45, 2.75) is 32.1 Å². The summed E-state index contributed by atoms with van der Waals surface area (Å²) in [5, 5.41) is 3.52. The summed E-state index contributed by atoms with van der Waals surface area (Å²) in [4.78, 5) is 0. The average molecular weight is 265 g/mol. The van der Waals surface area contributed by atoms with Gasteiger partial charge in [-0.3, -0.25) is 0 Å². The molecule has 0 radical (unpaired) electrons. The van der Waals surface area contributed by atoms with Crippen LogP contribution in [0.4, 0.5) is 0 Å². The number of nitrogens with one attached hydrogen (secondary N) is 1. The maximum atomic E-state index is 3.52. The fourth-order valence-electron chi connectivity index (χ4n) is 3.15. The Morgan fingerprint density at radius 3 is 2.65 bits per heavy atom. The number of hydrogen-bond acceptors (Lipinski definition) is 1. The standard InChI is InChI=1S/C19H23N/c1-14-13-20-11-10-17-8-9-18(12-19(14)17)15(2)16-6-4-3-5-7-16/h3-9,12,14-15,20H,10-11,13H2,1-2H3/t14-,15?/m1/s1. The van der Waals surface area contributed by atoms with Crippen molar-refractivity contribution in [3.63, 3.8) is 0 Å². The molecule has 1 aliphatic rings. The van der Waals surface area contributed by atoms with Crippen molar-refractivity contribution in [3.8, 4) is 0 Å². The van der Waals surface area contributed by atoms with E-state index < -0.39 is 0 Å². The highest BCUT2D eigenvalue weighted by atomic mass is 14.9. The molecule has 0 saturated heterocycles. The predicted octanol–water partition coefficient (Wildman–Crippen LogP) is 4.09. The zero-order valence-corrected chi connectivity index (χ0v) is 12.4. The monoisotopic (exact) mass is 265 g/mol. The Balaban J connectivity index is 1.95. The van der Waals surface area contributed by atoms with Crippen LogP contribution in [0, 0.1) is 0 Å². The summed E-state index contributed by atoms with van der Waals surface area (Å²) in [5.41, 5.74) is 5.89. The van der Waals surface area contributed by atoms with Crippen LogP contribution >= 0.6 is 0 Å². The minimum atomic E-state index is 0.463. The Labute approximate surface area is 122 Å². The lowest BCUT2D eigenvalue weighted by Gasteiger charge is -2.18. The molecule has 1 nitrogen and oxygen atoms in total. The van der Waals surface area contributed by atoms with Crippen molar-refractivity contribution in [2.75, 3.05) is 13.1 Å². The first-order valence-electron chi connectivity index (χ1n) is 7.64. The molecule has 20 heavy (non-hydrogen) atoms. The van der Waals surface area contributed by atoms with Crippen molar-refractivity contribution in [1.82, 2.24) is 5.32 Å². The van der Waals surface area contributed by atoms with Crippen LogP contribution < -0.4 is 5.32 Å². The second kappa shape index (κ2) is 5.80. The zero-order chi connectivity index (χ0) is 13.9. The van der Waals surface area contributed by atoms with E-state index in [-0.39, 0.29) is 0 Å². The van der Waals surface area contributed by atoms with Gasteiger partial charge in [-0.2, -0.15) is 0 Å². The SMILES string of the molecule is CC(c1ccccc1)c1ccc2c(c1)[C@H](C)CNCC2. The second-order valence-corrected chi connectivity index (χ2v) is 5.95. The molecule has 2 aromatic carbocycles. The molecule has 0 bridgehead atoms. The molecule has 1 N–H and O–H groups in total. The average Bonchev–Trinajstić information content (AvgIpc) is 2.69. The minimum Gasteiger partial charge on any atom is -0.316 e. The lowest BCUT2D eigenvalue weighted by atomic mass is 9.87. The van der Waals surface area contributed by atoms with Crippen molar-refractivity contribution in [2.24, 2.45) is 0 Å². The molecule has 0 amide bonds. The summed E-state index contributed by atoms with van der Waals surface area (Å²) in [5.74, 6) is 1.07. The van der Waals surface area contributed by atoms with Gasteiger partial charge in [-0.15, -0.1) is 0 Å². The number of rotatable bonds is 2. The van der Waals surface area contributed by atoms with E-state index in [0.717, 1.165) is 19.5 Å². The summed E-state index contributed by atoms with van der Waals surface area (Å²) >= 11 is 0.